The van der Waals surface area contributed by atoms with Gasteiger partial charge >= 0.3 is 6.18 Å². The van der Waals surface area contributed by atoms with Crippen LogP contribution in [-0.4, -0.2) is 60.6 Å². The Kier molecular flexibility index (Phi) is 6.82. The monoisotopic (exact) mass is 524 g/mol. The number of benzene rings is 2. The third-order valence-electron chi connectivity index (χ3n) is 8.30. The molecule has 3 aliphatic rings. The Morgan fingerprint density at radius 3 is 2.45 bits per heavy atom. The van der Waals surface area contributed by atoms with Gasteiger partial charge in [0.15, 0.2) is 0 Å². The van der Waals surface area contributed by atoms with E-state index in [9.17, 15) is 13.2 Å². The van der Waals surface area contributed by atoms with Gasteiger partial charge in [0.05, 0.1) is 29.3 Å². The van der Waals surface area contributed by atoms with Gasteiger partial charge in [-0.05, 0) is 50.1 Å². The highest BCUT2D eigenvalue weighted by molar-refractivity contribution is 5.76. The fourth-order valence-electron chi connectivity index (χ4n) is 6.28. The van der Waals surface area contributed by atoms with Crippen molar-refractivity contribution in [1.29, 1.82) is 0 Å². The molecule has 6 nitrogen and oxygen atoms in total. The molecule has 0 atom stereocenters. The molecule has 1 fully saturated rings. The number of nitrogens with one attached hydrogen (secondary N) is 1. The van der Waals surface area contributed by atoms with Gasteiger partial charge in [0.1, 0.15) is 0 Å². The first-order valence-corrected chi connectivity index (χ1v) is 13.6. The van der Waals surface area contributed by atoms with E-state index in [2.05, 4.69) is 56.0 Å². The molecule has 0 saturated carbocycles. The van der Waals surface area contributed by atoms with Crippen molar-refractivity contribution in [3.05, 3.63) is 65.4 Å². The number of alkyl halides is 3. The molecule has 202 valence electrons. The van der Waals surface area contributed by atoms with Crippen LogP contribution in [0.15, 0.2) is 48.5 Å². The summed E-state index contributed by atoms with van der Waals surface area (Å²) in [5.41, 5.74) is 5.93. The number of halogens is 3. The predicted octanol–water partition coefficient (Wildman–Crippen LogP) is 4.98. The maximum absolute atomic E-state index is 13.0. The minimum atomic E-state index is -4.33. The Labute approximate surface area is 222 Å². The zero-order valence-corrected chi connectivity index (χ0v) is 21.8. The summed E-state index contributed by atoms with van der Waals surface area (Å²) in [6.45, 7) is 6.63. The second-order valence-electron chi connectivity index (χ2n) is 10.7. The largest absolute Gasteiger partial charge is 0.416 e. The van der Waals surface area contributed by atoms with Crippen LogP contribution in [-0.2, 0) is 25.7 Å². The summed E-state index contributed by atoms with van der Waals surface area (Å²) in [6, 6.07) is 14.7. The molecule has 3 aromatic rings. The number of hydrogen-bond acceptors (Lipinski definition) is 5. The minimum Gasteiger partial charge on any atom is -0.355 e. The summed E-state index contributed by atoms with van der Waals surface area (Å²) < 4.78 is 41.2. The summed E-state index contributed by atoms with van der Waals surface area (Å²) in [5.74, 6) is 0. The Bertz CT molecular complexity index is 1260. The number of nitrogens with zero attached hydrogens (tertiary/aromatic N) is 5. The van der Waals surface area contributed by atoms with E-state index in [0.717, 1.165) is 81.2 Å². The number of anilines is 2. The Balaban J connectivity index is 1.06. The van der Waals surface area contributed by atoms with Crippen LogP contribution in [0.2, 0.25) is 0 Å². The number of aromatic nitrogens is 2. The molecule has 1 saturated heterocycles. The Hall–Kier alpha value is -3.04. The van der Waals surface area contributed by atoms with Crippen molar-refractivity contribution in [2.24, 2.45) is 0 Å². The molecular formula is C29H35F3N6. The lowest BCUT2D eigenvalue weighted by Gasteiger charge is -2.37. The molecule has 6 rings (SSSR count). The smallest absolute Gasteiger partial charge is 0.355 e. The Morgan fingerprint density at radius 2 is 1.71 bits per heavy atom. The van der Waals surface area contributed by atoms with Gasteiger partial charge in [-0.15, -0.1) is 0 Å². The highest BCUT2D eigenvalue weighted by atomic mass is 19.4. The fourth-order valence-corrected chi connectivity index (χ4v) is 6.28. The number of para-hydroxylation sites is 2. The molecule has 0 bridgehead atoms. The number of rotatable bonds is 6. The van der Waals surface area contributed by atoms with Crippen molar-refractivity contribution in [1.82, 2.24) is 20.0 Å². The van der Waals surface area contributed by atoms with Gasteiger partial charge in [0.25, 0.3) is 0 Å². The second-order valence-corrected chi connectivity index (χ2v) is 10.7. The van der Waals surface area contributed by atoms with Crippen LogP contribution in [0.1, 0.15) is 36.1 Å². The van der Waals surface area contributed by atoms with E-state index >= 15 is 0 Å². The van der Waals surface area contributed by atoms with Crippen molar-refractivity contribution >= 4 is 11.4 Å². The maximum atomic E-state index is 13.0. The van der Waals surface area contributed by atoms with E-state index in [4.69, 9.17) is 5.10 Å². The van der Waals surface area contributed by atoms with Crippen LogP contribution < -0.4 is 15.1 Å². The lowest BCUT2D eigenvalue weighted by Crippen LogP contribution is -2.46. The average Bonchev–Trinajstić information content (AvgIpc) is 3.47. The number of aryl methyl sites for hydroxylation is 1. The van der Waals surface area contributed by atoms with Gasteiger partial charge in [0.2, 0.25) is 0 Å². The highest BCUT2D eigenvalue weighted by Gasteiger charge is 2.32. The lowest BCUT2D eigenvalue weighted by atomic mass is 10.0. The van der Waals surface area contributed by atoms with Gasteiger partial charge in [-0.1, -0.05) is 24.3 Å². The summed E-state index contributed by atoms with van der Waals surface area (Å²) in [6.07, 6.45) is -0.0944. The van der Waals surface area contributed by atoms with E-state index in [-0.39, 0.29) is 0 Å². The van der Waals surface area contributed by atoms with Crippen LogP contribution in [0, 0.1) is 0 Å². The van der Waals surface area contributed by atoms with Crippen LogP contribution in [0.3, 0.4) is 0 Å². The van der Waals surface area contributed by atoms with Crippen LogP contribution in [0.4, 0.5) is 24.5 Å². The van der Waals surface area contributed by atoms with E-state index < -0.39 is 11.7 Å². The molecule has 9 heteroatoms. The quantitative estimate of drug-likeness (QED) is 0.493. The number of hydrogen-bond donors (Lipinski definition) is 1. The van der Waals surface area contributed by atoms with Gasteiger partial charge < -0.3 is 20.0 Å². The summed E-state index contributed by atoms with van der Waals surface area (Å²) in [7, 11) is 2.17. The molecule has 0 amide bonds. The van der Waals surface area contributed by atoms with Crippen LogP contribution >= 0.6 is 0 Å². The van der Waals surface area contributed by atoms with Crippen LogP contribution in [0.25, 0.3) is 11.3 Å². The summed E-state index contributed by atoms with van der Waals surface area (Å²) >= 11 is 0. The summed E-state index contributed by atoms with van der Waals surface area (Å²) in [4.78, 5) is 7.47. The first-order valence-electron chi connectivity index (χ1n) is 13.6. The van der Waals surface area contributed by atoms with Gasteiger partial charge in [-0.25, -0.2) is 0 Å². The molecule has 0 spiro atoms. The van der Waals surface area contributed by atoms with Crippen molar-refractivity contribution < 1.29 is 13.2 Å². The average molecular weight is 525 g/mol. The number of likely N-dealkylation sites (tertiary alicyclic amines) is 1. The van der Waals surface area contributed by atoms with E-state index in [1.807, 2.05) is 0 Å². The lowest BCUT2D eigenvalue weighted by molar-refractivity contribution is -0.137. The van der Waals surface area contributed by atoms with E-state index in [0.29, 0.717) is 12.6 Å². The molecule has 0 radical (unpaired) electrons. The second kappa shape index (κ2) is 10.3. The van der Waals surface area contributed by atoms with Crippen molar-refractivity contribution in [2.75, 3.05) is 49.7 Å². The molecular weight excluding hydrogens is 489 g/mol. The molecule has 3 aliphatic heterocycles. The number of piperidine rings is 1. The minimum absolute atomic E-state index is 0.578. The Morgan fingerprint density at radius 1 is 0.974 bits per heavy atom. The topological polar surface area (TPSA) is 39.6 Å². The zero-order chi connectivity index (χ0) is 26.3. The van der Waals surface area contributed by atoms with Crippen molar-refractivity contribution in [3.63, 3.8) is 0 Å². The molecule has 38 heavy (non-hydrogen) atoms. The van der Waals surface area contributed by atoms with Gasteiger partial charge in [-0.2, -0.15) is 18.3 Å². The third kappa shape index (κ3) is 4.89. The van der Waals surface area contributed by atoms with Crippen molar-refractivity contribution in [2.45, 2.75) is 51.0 Å². The highest BCUT2D eigenvalue weighted by Crippen LogP contribution is 2.38. The third-order valence-corrected chi connectivity index (χ3v) is 8.30. The fraction of sp³-hybridized carbons (Fsp3) is 0.483. The molecule has 2 aromatic carbocycles. The van der Waals surface area contributed by atoms with Crippen LogP contribution in [0.5, 0.6) is 0 Å². The SMILES string of the molecule is CN1CN(C2CCN(CCCn3nc(-c4ccc(C(F)(F)F)cc4)c4c3CCNC4)CC2)c2ccccc21. The van der Waals surface area contributed by atoms with Gasteiger partial charge in [-0.3, -0.25) is 4.68 Å². The maximum Gasteiger partial charge on any atom is 0.416 e. The molecule has 1 N–H and O–H groups in total. The normalized spacial score (nSPS) is 18.6. The van der Waals surface area contributed by atoms with Crippen molar-refractivity contribution in [3.8, 4) is 11.3 Å². The predicted molar refractivity (Wildman–Crippen MR) is 144 cm³/mol. The zero-order valence-electron chi connectivity index (χ0n) is 21.8. The molecule has 0 aliphatic carbocycles. The van der Waals surface area contributed by atoms with E-state index in [1.54, 1.807) is 12.1 Å². The standard InChI is InChI=1S/C29H35F3N6/c1-35-20-37(27-6-3-2-5-26(27)35)23-12-17-36(18-13-23)15-4-16-38-25-11-14-33-19-24(25)28(34-38)21-7-9-22(10-8-21)29(30,31)32/h2-3,5-10,23,33H,4,11-20H2,1H3. The number of fused-ring (bicyclic) bond motifs is 2. The first kappa shape index (κ1) is 25.2. The van der Waals surface area contributed by atoms with Gasteiger partial charge in [0, 0.05) is 69.1 Å². The first-order chi connectivity index (χ1) is 18.4. The van der Waals surface area contributed by atoms with E-state index in [1.165, 1.54) is 29.9 Å². The summed E-state index contributed by atoms with van der Waals surface area (Å²) in [5, 5.41) is 8.29. The molecule has 4 heterocycles. The molecule has 0 unspecified atom stereocenters. The molecule has 1 aromatic heterocycles.